The molecule has 19 heavy (non-hydrogen) atoms. The minimum absolute atomic E-state index is 0.0166. The molecule has 5 N–H and O–H groups in total. The third-order valence-electron chi connectivity index (χ3n) is 2.71. The molecule has 0 fully saturated rings. The van der Waals surface area contributed by atoms with Gasteiger partial charge >= 0.3 is 0 Å². The highest BCUT2D eigenvalue weighted by Crippen LogP contribution is 2.28. The number of carbonyl (C=O) groups excluding carboxylic acids is 1. The Morgan fingerprint density at radius 3 is 2.42 bits per heavy atom. The zero-order chi connectivity index (χ0) is 13.8. The molecule has 0 radical (unpaired) electrons. The zero-order valence-corrected chi connectivity index (χ0v) is 10.1. The number of hydrogen-bond donors (Lipinski definition) is 4. The van der Waals surface area contributed by atoms with Crippen LogP contribution in [-0.4, -0.2) is 16.1 Å². The van der Waals surface area contributed by atoms with Crippen molar-refractivity contribution in [2.45, 2.75) is 6.54 Å². The first kappa shape index (κ1) is 12.9. The third-order valence-corrected chi connectivity index (χ3v) is 2.71. The van der Waals surface area contributed by atoms with Crippen LogP contribution in [0.15, 0.2) is 42.5 Å². The second kappa shape index (κ2) is 5.41. The Hall–Kier alpha value is -2.53. The van der Waals surface area contributed by atoms with E-state index in [1.807, 2.05) is 0 Å². The van der Waals surface area contributed by atoms with E-state index >= 15 is 0 Å². The van der Waals surface area contributed by atoms with E-state index in [1.165, 1.54) is 18.2 Å². The summed E-state index contributed by atoms with van der Waals surface area (Å²) >= 11 is 0. The lowest BCUT2D eigenvalue weighted by molar-refractivity contribution is 0.102. The molecule has 98 valence electrons. The summed E-state index contributed by atoms with van der Waals surface area (Å²) in [5.74, 6) is -1.25. The molecular weight excluding hydrogens is 244 g/mol. The number of benzene rings is 2. The van der Waals surface area contributed by atoms with Gasteiger partial charge in [0.2, 0.25) is 0 Å². The average molecular weight is 258 g/mol. The van der Waals surface area contributed by atoms with Crippen molar-refractivity contribution in [3.8, 4) is 11.5 Å². The minimum Gasteiger partial charge on any atom is -0.504 e. The summed E-state index contributed by atoms with van der Waals surface area (Å²) in [6.07, 6.45) is 0. The van der Waals surface area contributed by atoms with Crippen LogP contribution in [0, 0.1) is 0 Å². The van der Waals surface area contributed by atoms with E-state index in [0.29, 0.717) is 12.2 Å². The molecule has 5 heteroatoms. The summed E-state index contributed by atoms with van der Waals surface area (Å²) in [5.41, 5.74) is 7.04. The van der Waals surface area contributed by atoms with E-state index in [4.69, 9.17) is 5.73 Å². The number of nitrogens with two attached hydrogens (primary N) is 1. The Bertz CT molecular complexity index is 594. The molecule has 0 bridgehead atoms. The molecule has 0 aliphatic rings. The molecule has 0 heterocycles. The minimum atomic E-state index is -0.492. The Kier molecular flexibility index (Phi) is 3.68. The number of rotatable bonds is 3. The second-order valence-corrected chi connectivity index (χ2v) is 4.03. The molecule has 0 saturated carbocycles. The standard InChI is InChI=1S/C14H14N2O3/c15-8-9-4-6-10(7-5-9)16-14(19)11-2-1-3-12(17)13(11)18/h1-7,17-18H,8,15H2,(H,16,19). The number of phenols is 2. The highest BCUT2D eigenvalue weighted by atomic mass is 16.3. The fourth-order valence-corrected chi connectivity index (χ4v) is 1.64. The lowest BCUT2D eigenvalue weighted by Gasteiger charge is -2.08. The second-order valence-electron chi connectivity index (χ2n) is 4.03. The number of carbonyl (C=O) groups is 1. The van der Waals surface area contributed by atoms with E-state index in [0.717, 1.165) is 5.56 Å². The molecule has 0 unspecified atom stereocenters. The van der Waals surface area contributed by atoms with Gasteiger partial charge in [0.1, 0.15) is 0 Å². The number of anilines is 1. The van der Waals surface area contributed by atoms with Crippen LogP contribution in [0.4, 0.5) is 5.69 Å². The molecule has 2 aromatic rings. The van der Waals surface area contributed by atoms with Gasteiger partial charge in [-0.05, 0) is 29.8 Å². The SMILES string of the molecule is NCc1ccc(NC(=O)c2cccc(O)c2O)cc1. The fourth-order valence-electron chi connectivity index (χ4n) is 1.64. The van der Waals surface area contributed by atoms with Crippen molar-refractivity contribution < 1.29 is 15.0 Å². The van der Waals surface area contributed by atoms with Gasteiger partial charge in [0.05, 0.1) is 5.56 Å². The molecule has 2 aromatic carbocycles. The Morgan fingerprint density at radius 2 is 1.79 bits per heavy atom. The van der Waals surface area contributed by atoms with E-state index in [2.05, 4.69) is 5.32 Å². The lowest BCUT2D eigenvalue weighted by atomic mass is 10.1. The molecule has 5 nitrogen and oxygen atoms in total. The molecule has 0 aliphatic carbocycles. The van der Waals surface area contributed by atoms with Gasteiger partial charge in [-0.15, -0.1) is 0 Å². The van der Waals surface area contributed by atoms with E-state index in [1.54, 1.807) is 24.3 Å². The Morgan fingerprint density at radius 1 is 1.11 bits per heavy atom. The lowest BCUT2D eigenvalue weighted by Crippen LogP contribution is -2.12. The highest BCUT2D eigenvalue weighted by Gasteiger charge is 2.13. The van der Waals surface area contributed by atoms with Crippen LogP contribution in [0.2, 0.25) is 0 Å². The summed E-state index contributed by atoms with van der Waals surface area (Å²) in [6, 6.07) is 11.3. The molecule has 0 atom stereocenters. The van der Waals surface area contributed by atoms with E-state index < -0.39 is 11.7 Å². The largest absolute Gasteiger partial charge is 0.504 e. The van der Waals surface area contributed by atoms with Crippen LogP contribution in [0.25, 0.3) is 0 Å². The molecule has 0 spiro atoms. The van der Waals surface area contributed by atoms with Crippen LogP contribution >= 0.6 is 0 Å². The van der Waals surface area contributed by atoms with Crippen molar-refractivity contribution in [2.75, 3.05) is 5.32 Å². The number of amides is 1. The fraction of sp³-hybridized carbons (Fsp3) is 0.0714. The molecule has 0 aliphatic heterocycles. The number of aromatic hydroxyl groups is 2. The smallest absolute Gasteiger partial charge is 0.259 e. The Labute approximate surface area is 110 Å². The van der Waals surface area contributed by atoms with Crippen molar-refractivity contribution in [3.05, 3.63) is 53.6 Å². The Balaban J connectivity index is 2.18. The number of para-hydroxylation sites is 1. The maximum absolute atomic E-state index is 11.9. The first-order valence-electron chi connectivity index (χ1n) is 5.73. The molecular formula is C14H14N2O3. The molecule has 0 aromatic heterocycles. The summed E-state index contributed by atoms with van der Waals surface area (Å²) < 4.78 is 0. The van der Waals surface area contributed by atoms with E-state index in [9.17, 15) is 15.0 Å². The quantitative estimate of drug-likeness (QED) is 0.631. The highest BCUT2D eigenvalue weighted by molar-refractivity contribution is 6.06. The number of phenolic OH excluding ortho intramolecular Hbond substituents is 2. The van der Waals surface area contributed by atoms with Crippen molar-refractivity contribution in [1.29, 1.82) is 0 Å². The van der Waals surface area contributed by atoms with Gasteiger partial charge in [-0.25, -0.2) is 0 Å². The summed E-state index contributed by atoms with van der Waals surface area (Å²) in [5, 5.41) is 21.6. The van der Waals surface area contributed by atoms with Crippen LogP contribution in [0.3, 0.4) is 0 Å². The van der Waals surface area contributed by atoms with Gasteiger partial charge in [-0.2, -0.15) is 0 Å². The van der Waals surface area contributed by atoms with Crippen molar-refractivity contribution in [1.82, 2.24) is 0 Å². The van der Waals surface area contributed by atoms with Gasteiger partial charge in [-0.1, -0.05) is 18.2 Å². The summed E-state index contributed by atoms with van der Waals surface area (Å²) in [4.78, 5) is 11.9. The third kappa shape index (κ3) is 2.83. The van der Waals surface area contributed by atoms with Gasteiger partial charge < -0.3 is 21.3 Å². The molecule has 0 saturated heterocycles. The van der Waals surface area contributed by atoms with Crippen LogP contribution in [-0.2, 0) is 6.54 Å². The van der Waals surface area contributed by atoms with Crippen molar-refractivity contribution in [2.24, 2.45) is 5.73 Å². The predicted octanol–water partition coefficient (Wildman–Crippen LogP) is 1.81. The summed E-state index contributed by atoms with van der Waals surface area (Å²) in [6.45, 7) is 0.432. The van der Waals surface area contributed by atoms with Crippen LogP contribution in [0.5, 0.6) is 11.5 Å². The van der Waals surface area contributed by atoms with Crippen molar-refractivity contribution >= 4 is 11.6 Å². The monoisotopic (exact) mass is 258 g/mol. The van der Waals surface area contributed by atoms with Crippen molar-refractivity contribution in [3.63, 3.8) is 0 Å². The van der Waals surface area contributed by atoms with Crippen LogP contribution < -0.4 is 11.1 Å². The van der Waals surface area contributed by atoms with Gasteiger partial charge in [0.25, 0.3) is 5.91 Å². The normalized spacial score (nSPS) is 10.2. The van der Waals surface area contributed by atoms with Gasteiger partial charge in [0.15, 0.2) is 11.5 Å². The first-order chi connectivity index (χ1) is 9.11. The summed E-state index contributed by atoms with van der Waals surface area (Å²) in [7, 11) is 0. The zero-order valence-electron chi connectivity index (χ0n) is 10.1. The molecule has 2 rings (SSSR count). The maximum atomic E-state index is 11.9. The van der Waals surface area contributed by atoms with Crippen LogP contribution in [0.1, 0.15) is 15.9 Å². The van der Waals surface area contributed by atoms with Gasteiger partial charge in [-0.3, -0.25) is 4.79 Å². The predicted molar refractivity (Wildman–Crippen MR) is 72.1 cm³/mol. The van der Waals surface area contributed by atoms with E-state index in [-0.39, 0.29) is 11.3 Å². The van der Waals surface area contributed by atoms with Gasteiger partial charge in [0, 0.05) is 12.2 Å². The average Bonchev–Trinajstić information content (AvgIpc) is 2.42. The number of hydrogen-bond acceptors (Lipinski definition) is 4. The first-order valence-corrected chi connectivity index (χ1v) is 5.73. The molecule has 1 amide bonds. The topological polar surface area (TPSA) is 95.6 Å². The maximum Gasteiger partial charge on any atom is 0.259 e. The number of nitrogens with one attached hydrogen (secondary N) is 1.